The van der Waals surface area contributed by atoms with Gasteiger partial charge in [0.15, 0.2) is 0 Å². The second-order valence-corrected chi connectivity index (χ2v) is 10.4. The highest BCUT2D eigenvalue weighted by Crippen LogP contribution is 2.45. The third-order valence-electron chi connectivity index (χ3n) is 7.56. The van der Waals surface area contributed by atoms with Gasteiger partial charge in [0, 0.05) is 18.4 Å². The van der Waals surface area contributed by atoms with Crippen molar-refractivity contribution >= 4 is 18.5 Å². The quantitative estimate of drug-likeness (QED) is 0.163. The molecular weight excluding hydrogens is 622 g/mol. The van der Waals surface area contributed by atoms with Crippen LogP contribution < -0.4 is 28.8 Å². The molecule has 0 atom stereocenters. The molecule has 0 saturated heterocycles. The van der Waals surface area contributed by atoms with Crippen LogP contribution in [0.5, 0.6) is 0 Å². The predicted molar refractivity (Wildman–Crippen MR) is 174 cm³/mol. The first kappa shape index (κ1) is 36.7. The van der Waals surface area contributed by atoms with E-state index in [0.29, 0.717) is 19.4 Å². The van der Waals surface area contributed by atoms with Gasteiger partial charge in [0.05, 0.1) is 26.3 Å². The van der Waals surface area contributed by atoms with Crippen molar-refractivity contribution in [3.05, 3.63) is 119 Å². The highest BCUT2D eigenvalue weighted by molar-refractivity contribution is 5.80. The van der Waals surface area contributed by atoms with Crippen LogP contribution in [0.3, 0.4) is 0 Å². The summed E-state index contributed by atoms with van der Waals surface area (Å²) in [6, 6.07) is 32.7. The number of benzene rings is 4. The smallest absolute Gasteiger partial charge is 0.407 e. The lowest BCUT2D eigenvalue weighted by molar-refractivity contribution is -0.372. The number of alkyl carbamates (subject to hydrolysis) is 2. The highest BCUT2D eigenvalue weighted by Gasteiger charge is 2.30. The van der Waals surface area contributed by atoms with Crippen molar-refractivity contribution in [2.75, 3.05) is 46.1 Å². The van der Waals surface area contributed by atoms with Gasteiger partial charge < -0.3 is 53.3 Å². The minimum atomic E-state index is -0.566. The van der Waals surface area contributed by atoms with E-state index in [1.54, 1.807) is 0 Å². The van der Waals surface area contributed by atoms with Gasteiger partial charge in [0.1, 0.15) is 19.5 Å². The summed E-state index contributed by atoms with van der Waals surface area (Å²) in [6.45, 7) is 1.47. The van der Waals surface area contributed by atoms with E-state index in [1.807, 2.05) is 48.5 Å². The molecule has 0 aliphatic heterocycles. The van der Waals surface area contributed by atoms with Crippen LogP contribution in [0.25, 0.3) is 22.3 Å². The van der Waals surface area contributed by atoms with Gasteiger partial charge in [-0.1, -0.05) is 97.1 Å². The van der Waals surface area contributed by atoms with Gasteiger partial charge in [-0.05, 0) is 44.5 Å². The molecule has 4 aromatic carbocycles. The first-order valence-corrected chi connectivity index (χ1v) is 15.2. The summed E-state index contributed by atoms with van der Waals surface area (Å²) in [4.78, 5) is 33.3. The third kappa shape index (κ3) is 9.40. The average molecular weight is 662 g/mol. The summed E-state index contributed by atoms with van der Waals surface area (Å²) in [6.07, 6.45) is -0.434. The number of rotatable bonds is 9. The lowest BCUT2D eigenvalue weighted by atomic mass is 9.98. The van der Waals surface area contributed by atoms with Crippen LogP contribution in [0, 0.1) is 0 Å². The third-order valence-corrected chi connectivity index (χ3v) is 7.56. The number of ether oxygens (including phenoxy) is 2. The summed E-state index contributed by atoms with van der Waals surface area (Å²) in [5.74, 6) is 0.108. The molecule has 0 fully saturated rings. The Morgan fingerprint density at radius 2 is 0.979 bits per heavy atom. The molecule has 6 rings (SSSR count). The molecule has 11 heteroatoms. The van der Waals surface area contributed by atoms with Crippen molar-refractivity contribution in [1.82, 2.24) is 10.6 Å². The predicted octanol–water partition coefficient (Wildman–Crippen LogP) is 0.466. The van der Waals surface area contributed by atoms with Crippen molar-refractivity contribution in [3.63, 3.8) is 0 Å². The molecule has 2 aliphatic rings. The Balaban J connectivity index is 0.000000225. The number of hydrogen-bond acceptors (Lipinski definition) is 7. The summed E-state index contributed by atoms with van der Waals surface area (Å²) in [5, 5.41) is 21.4. The SMILES string of the molecule is O=C(NCCO)OCC1c2ccccc2-c2ccccc21.O=CCNC(=O)OCC1c2ccccc2-c2ccccc21.[Cl-].[NH3+]CCO. The molecule has 2 amide bonds. The fraction of sp³-hybridized carbons (Fsp3) is 0.250. The van der Waals surface area contributed by atoms with Crippen LogP contribution in [0.1, 0.15) is 34.1 Å². The Morgan fingerprint density at radius 3 is 1.30 bits per heavy atom. The first-order chi connectivity index (χ1) is 22.5. The zero-order valence-corrected chi connectivity index (χ0v) is 26.7. The Kier molecular flexibility index (Phi) is 14.9. The fourth-order valence-electron chi connectivity index (χ4n) is 5.58. The number of aldehydes is 1. The van der Waals surface area contributed by atoms with Crippen LogP contribution in [0.15, 0.2) is 97.1 Å². The number of halogens is 1. The van der Waals surface area contributed by atoms with Gasteiger partial charge in [0.2, 0.25) is 0 Å². The number of fused-ring (bicyclic) bond motifs is 6. The lowest BCUT2D eigenvalue weighted by Crippen LogP contribution is -3.00. The minimum Gasteiger partial charge on any atom is -1.00 e. The number of quaternary nitrogens is 1. The van der Waals surface area contributed by atoms with Gasteiger partial charge >= 0.3 is 12.2 Å². The maximum atomic E-state index is 11.5. The summed E-state index contributed by atoms with van der Waals surface area (Å²) in [7, 11) is 0. The van der Waals surface area contributed by atoms with E-state index in [9.17, 15) is 14.4 Å². The molecule has 0 saturated carbocycles. The second-order valence-electron chi connectivity index (χ2n) is 10.4. The Labute approximate surface area is 280 Å². The maximum Gasteiger partial charge on any atom is 0.407 e. The molecule has 0 unspecified atom stereocenters. The fourth-order valence-corrected chi connectivity index (χ4v) is 5.58. The van der Waals surface area contributed by atoms with Gasteiger partial charge in [-0.15, -0.1) is 0 Å². The van der Waals surface area contributed by atoms with Gasteiger partial charge in [0.25, 0.3) is 0 Å². The van der Waals surface area contributed by atoms with Crippen LogP contribution in [-0.2, 0) is 14.3 Å². The van der Waals surface area contributed by atoms with Crippen molar-refractivity contribution in [2.45, 2.75) is 11.8 Å². The summed E-state index contributed by atoms with van der Waals surface area (Å²) >= 11 is 0. The van der Waals surface area contributed by atoms with E-state index in [4.69, 9.17) is 19.7 Å². The van der Waals surface area contributed by atoms with E-state index in [0.717, 1.165) is 0 Å². The number of carbonyl (C=O) groups is 3. The van der Waals surface area contributed by atoms with E-state index < -0.39 is 12.2 Å². The van der Waals surface area contributed by atoms with E-state index >= 15 is 0 Å². The molecule has 0 spiro atoms. The molecule has 0 radical (unpaired) electrons. The molecule has 0 heterocycles. The van der Waals surface area contributed by atoms with Gasteiger partial charge in [-0.25, -0.2) is 9.59 Å². The van der Waals surface area contributed by atoms with Crippen molar-refractivity contribution in [2.24, 2.45) is 0 Å². The van der Waals surface area contributed by atoms with Crippen molar-refractivity contribution < 1.29 is 52.2 Å². The molecule has 248 valence electrons. The number of amides is 2. The van der Waals surface area contributed by atoms with Crippen LogP contribution in [-0.4, -0.2) is 74.7 Å². The van der Waals surface area contributed by atoms with Crippen molar-refractivity contribution in [1.29, 1.82) is 0 Å². The molecule has 4 aromatic rings. The van der Waals surface area contributed by atoms with Gasteiger partial charge in [-0.3, -0.25) is 0 Å². The highest BCUT2D eigenvalue weighted by atomic mass is 35.5. The van der Waals surface area contributed by atoms with Gasteiger partial charge in [-0.2, -0.15) is 0 Å². The van der Waals surface area contributed by atoms with Crippen molar-refractivity contribution in [3.8, 4) is 22.3 Å². The summed E-state index contributed by atoms with van der Waals surface area (Å²) in [5.41, 5.74) is 12.9. The van der Waals surface area contributed by atoms with E-state index in [1.165, 1.54) is 44.5 Å². The first-order valence-electron chi connectivity index (χ1n) is 15.2. The molecule has 0 aromatic heterocycles. The monoisotopic (exact) mass is 661 g/mol. The number of carbonyl (C=O) groups excluding carboxylic acids is 3. The Bertz CT molecular complexity index is 1520. The Morgan fingerprint density at radius 1 is 0.638 bits per heavy atom. The van der Waals surface area contributed by atoms with E-state index in [2.05, 4.69) is 64.9 Å². The number of nitrogens with one attached hydrogen (secondary N) is 2. The maximum absolute atomic E-state index is 11.5. The topological polar surface area (TPSA) is 162 Å². The number of aliphatic hydroxyl groups is 2. The average Bonchev–Trinajstić information content (AvgIpc) is 3.60. The summed E-state index contributed by atoms with van der Waals surface area (Å²) < 4.78 is 10.5. The largest absolute Gasteiger partial charge is 1.00 e. The second kappa shape index (κ2) is 19.0. The molecule has 47 heavy (non-hydrogen) atoms. The molecule has 0 bridgehead atoms. The number of hydrogen-bond donors (Lipinski definition) is 5. The van der Waals surface area contributed by atoms with Crippen LogP contribution >= 0.6 is 0 Å². The zero-order chi connectivity index (χ0) is 32.7. The molecule has 10 nitrogen and oxygen atoms in total. The molecule has 7 N–H and O–H groups in total. The normalized spacial score (nSPS) is 11.8. The number of aliphatic hydroxyl groups excluding tert-OH is 2. The lowest BCUT2D eigenvalue weighted by Gasteiger charge is -2.14. The minimum absolute atomic E-state index is 0. The molecule has 2 aliphatic carbocycles. The Hall–Kier alpha value is -4.74. The zero-order valence-electron chi connectivity index (χ0n) is 25.9. The standard InChI is InChI=1S/C17H17NO3.C17H15NO3.C2H7NO.ClH/c2*19-10-9-18-17(20)21-11-16-14-7-3-1-5-12(14)13-6-2-4-8-15(13)16;3-1-2-4;/h1-8,16,19H,9-11H2,(H,18,20);1-8,10,16H,9,11H2,(H,18,20);4H,1-3H2;1H. The van der Waals surface area contributed by atoms with Crippen LogP contribution in [0.2, 0.25) is 0 Å². The molecular formula is C36H40ClN3O7. The van der Waals surface area contributed by atoms with E-state index in [-0.39, 0.29) is 57.2 Å². The van der Waals surface area contributed by atoms with Crippen LogP contribution in [0.4, 0.5) is 9.59 Å².